The highest BCUT2D eigenvalue weighted by Gasteiger charge is 2.38. The number of hydrogen-bond acceptors (Lipinski definition) is 2. The Kier molecular flexibility index (Phi) is 5.37. The van der Waals surface area contributed by atoms with Crippen molar-refractivity contribution in [2.45, 2.75) is 45.1 Å². The number of carboxylic acid groups (broad SMARTS) is 1. The third kappa shape index (κ3) is 3.84. The summed E-state index contributed by atoms with van der Waals surface area (Å²) >= 11 is 0. The fourth-order valence-electron chi connectivity index (χ4n) is 3.14. The summed E-state index contributed by atoms with van der Waals surface area (Å²) in [5.74, 6) is -1.87. The molecule has 0 heterocycles. The highest BCUT2D eigenvalue weighted by atomic mass is 16.4. The largest absolute Gasteiger partial charge is 0.481 e. The lowest BCUT2D eigenvalue weighted by Crippen LogP contribution is -2.37. The van der Waals surface area contributed by atoms with Crippen LogP contribution in [0.1, 0.15) is 50.6 Å². The number of hydrogen-bond donors (Lipinski definition) is 2. The first-order chi connectivity index (χ1) is 10.1. The molecule has 0 aliphatic heterocycles. The highest BCUT2D eigenvalue weighted by Crippen LogP contribution is 2.33. The predicted octanol–water partition coefficient (Wildman–Crippen LogP) is 3.14. The maximum atomic E-state index is 12.4. The third-order valence-corrected chi connectivity index (χ3v) is 4.27. The van der Waals surface area contributed by atoms with Crippen molar-refractivity contribution in [2.75, 3.05) is 0 Å². The Balaban J connectivity index is 2.06. The molecule has 21 heavy (non-hydrogen) atoms. The van der Waals surface area contributed by atoms with Gasteiger partial charge in [0.15, 0.2) is 0 Å². The zero-order valence-electron chi connectivity index (χ0n) is 12.4. The SMILES string of the molecule is CCCC(NC(=O)C1CCCC1C(=O)O)c1ccccc1. The average molecular weight is 289 g/mol. The van der Waals surface area contributed by atoms with Crippen LogP contribution in [0.3, 0.4) is 0 Å². The minimum absolute atomic E-state index is 0.0289. The van der Waals surface area contributed by atoms with Crippen LogP contribution in [0.15, 0.2) is 30.3 Å². The maximum Gasteiger partial charge on any atom is 0.307 e. The predicted molar refractivity (Wildman–Crippen MR) is 80.7 cm³/mol. The van der Waals surface area contributed by atoms with Crippen LogP contribution in [0.5, 0.6) is 0 Å². The molecule has 0 aromatic heterocycles. The summed E-state index contributed by atoms with van der Waals surface area (Å²) in [6.07, 6.45) is 3.93. The van der Waals surface area contributed by atoms with Gasteiger partial charge in [-0.25, -0.2) is 0 Å². The molecular weight excluding hydrogens is 266 g/mol. The Labute approximate surface area is 125 Å². The molecule has 4 nitrogen and oxygen atoms in total. The van der Waals surface area contributed by atoms with Crippen LogP contribution < -0.4 is 5.32 Å². The van der Waals surface area contributed by atoms with Crippen molar-refractivity contribution < 1.29 is 14.7 Å². The number of carbonyl (C=O) groups excluding carboxylic acids is 1. The van der Waals surface area contributed by atoms with Crippen molar-refractivity contribution >= 4 is 11.9 Å². The van der Waals surface area contributed by atoms with Crippen LogP contribution in [0.4, 0.5) is 0 Å². The van der Waals surface area contributed by atoms with Gasteiger partial charge in [0.05, 0.1) is 17.9 Å². The van der Waals surface area contributed by atoms with E-state index in [2.05, 4.69) is 12.2 Å². The molecule has 3 unspecified atom stereocenters. The lowest BCUT2D eigenvalue weighted by atomic mass is 9.94. The summed E-state index contributed by atoms with van der Waals surface area (Å²) in [6, 6.07) is 9.85. The zero-order chi connectivity index (χ0) is 15.2. The van der Waals surface area contributed by atoms with Crippen LogP contribution in [0.2, 0.25) is 0 Å². The Hall–Kier alpha value is -1.84. The standard InChI is InChI=1S/C17H23NO3/c1-2-7-15(12-8-4-3-5-9-12)18-16(19)13-10-6-11-14(13)17(20)21/h3-5,8-9,13-15H,2,6-7,10-11H2,1H3,(H,18,19)(H,20,21). The lowest BCUT2D eigenvalue weighted by Gasteiger charge is -2.22. The van der Waals surface area contributed by atoms with E-state index in [1.807, 2.05) is 30.3 Å². The quantitative estimate of drug-likeness (QED) is 0.845. The van der Waals surface area contributed by atoms with Gasteiger partial charge in [0.25, 0.3) is 0 Å². The van der Waals surface area contributed by atoms with Crippen LogP contribution in [0, 0.1) is 11.8 Å². The van der Waals surface area contributed by atoms with Gasteiger partial charge in [0.1, 0.15) is 0 Å². The average Bonchev–Trinajstić information content (AvgIpc) is 2.97. The summed E-state index contributed by atoms with van der Waals surface area (Å²) in [5, 5.41) is 12.3. The second-order valence-electron chi connectivity index (χ2n) is 5.74. The highest BCUT2D eigenvalue weighted by molar-refractivity contribution is 5.85. The van der Waals surface area contributed by atoms with Crippen molar-refractivity contribution in [3.63, 3.8) is 0 Å². The fourth-order valence-corrected chi connectivity index (χ4v) is 3.14. The van der Waals surface area contributed by atoms with Crippen molar-refractivity contribution in [1.29, 1.82) is 0 Å². The number of aliphatic carboxylic acids is 1. The molecule has 0 spiro atoms. The molecule has 2 rings (SSSR count). The van der Waals surface area contributed by atoms with Crippen LogP contribution in [0.25, 0.3) is 0 Å². The molecule has 1 amide bonds. The zero-order valence-corrected chi connectivity index (χ0v) is 12.4. The fraction of sp³-hybridized carbons (Fsp3) is 0.529. The second kappa shape index (κ2) is 7.25. The molecule has 0 radical (unpaired) electrons. The molecule has 1 fully saturated rings. The van der Waals surface area contributed by atoms with E-state index in [-0.39, 0.29) is 17.9 Å². The van der Waals surface area contributed by atoms with E-state index in [0.29, 0.717) is 12.8 Å². The number of nitrogens with one attached hydrogen (secondary N) is 1. The van der Waals surface area contributed by atoms with E-state index in [4.69, 9.17) is 0 Å². The molecule has 0 bridgehead atoms. The summed E-state index contributed by atoms with van der Waals surface area (Å²) in [7, 11) is 0. The van der Waals surface area contributed by atoms with Gasteiger partial charge in [-0.05, 0) is 24.8 Å². The van der Waals surface area contributed by atoms with Crippen molar-refractivity contribution in [3.8, 4) is 0 Å². The second-order valence-corrected chi connectivity index (χ2v) is 5.74. The van der Waals surface area contributed by atoms with Gasteiger partial charge in [0.2, 0.25) is 5.91 Å². The van der Waals surface area contributed by atoms with E-state index in [1.54, 1.807) is 0 Å². The summed E-state index contributed by atoms with van der Waals surface area (Å²) in [6.45, 7) is 2.08. The topological polar surface area (TPSA) is 66.4 Å². The molecule has 2 N–H and O–H groups in total. The number of benzene rings is 1. The summed E-state index contributed by atoms with van der Waals surface area (Å²) in [4.78, 5) is 23.7. The number of carbonyl (C=O) groups is 2. The minimum Gasteiger partial charge on any atom is -0.481 e. The number of carboxylic acids is 1. The Morgan fingerprint density at radius 3 is 2.52 bits per heavy atom. The van der Waals surface area contributed by atoms with Gasteiger partial charge in [-0.3, -0.25) is 9.59 Å². The van der Waals surface area contributed by atoms with Crippen molar-refractivity contribution in [3.05, 3.63) is 35.9 Å². The van der Waals surface area contributed by atoms with Crippen LogP contribution >= 0.6 is 0 Å². The molecule has 1 aliphatic rings. The van der Waals surface area contributed by atoms with E-state index < -0.39 is 11.9 Å². The van der Waals surface area contributed by atoms with Gasteiger partial charge in [-0.1, -0.05) is 50.1 Å². The molecule has 0 saturated heterocycles. The molecule has 1 aliphatic carbocycles. The maximum absolute atomic E-state index is 12.4. The molecule has 3 atom stereocenters. The Bertz CT molecular complexity index is 486. The molecule has 4 heteroatoms. The van der Waals surface area contributed by atoms with Gasteiger partial charge in [-0.15, -0.1) is 0 Å². The smallest absolute Gasteiger partial charge is 0.307 e. The van der Waals surface area contributed by atoms with Gasteiger partial charge >= 0.3 is 5.97 Å². The lowest BCUT2D eigenvalue weighted by molar-refractivity contribution is -0.146. The van der Waals surface area contributed by atoms with Crippen LogP contribution in [-0.2, 0) is 9.59 Å². The number of amides is 1. The normalized spacial score (nSPS) is 22.7. The Morgan fingerprint density at radius 2 is 1.90 bits per heavy atom. The Morgan fingerprint density at radius 1 is 1.24 bits per heavy atom. The van der Waals surface area contributed by atoms with Crippen LogP contribution in [-0.4, -0.2) is 17.0 Å². The van der Waals surface area contributed by atoms with E-state index in [1.165, 1.54) is 0 Å². The molecule has 1 saturated carbocycles. The molecule has 1 aromatic carbocycles. The monoisotopic (exact) mass is 289 g/mol. The third-order valence-electron chi connectivity index (χ3n) is 4.27. The number of rotatable bonds is 6. The molecular formula is C17H23NO3. The minimum atomic E-state index is -0.848. The van der Waals surface area contributed by atoms with Crippen molar-refractivity contribution in [2.24, 2.45) is 11.8 Å². The first kappa shape index (κ1) is 15.5. The first-order valence-corrected chi connectivity index (χ1v) is 7.71. The van der Waals surface area contributed by atoms with Crippen molar-refractivity contribution in [1.82, 2.24) is 5.32 Å². The van der Waals surface area contributed by atoms with Gasteiger partial charge < -0.3 is 10.4 Å². The van der Waals surface area contributed by atoms with E-state index >= 15 is 0 Å². The van der Waals surface area contributed by atoms with Gasteiger partial charge in [0, 0.05) is 0 Å². The van der Waals surface area contributed by atoms with Gasteiger partial charge in [-0.2, -0.15) is 0 Å². The first-order valence-electron chi connectivity index (χ1n) is 7.71. The molecule has 1 aromatic rings. The molecule has 114 valence electrons. The van der Waals surface area contributed by atoms with E-state index in [0.717, 1.165) is 24.8 Å². The van der Waals surface area contributed by atoms with E-state index in [9.17, 15) is 14.7 Å². The summed E-state index contributed by atoms with van der Waals surface area (Å²) in [5.41, 5.74) is 1.08. The summed E-state index contributed by atoms with van der Waals surface area (Å²) < 4.78 is 0.